The number of carbonyl (C=O) groups is 1. The maximum Gasteiger partial charge on any atom is 0.301 e. The maximum absolute atomic E-state index is 14.6. The van der Waals surface area contributed by atoms with E-state index in [2.05, 4.69) is 15.3 Å². The zero-order valence-corrected chi connectivity index (χ0v) is 12.9. The second kappa shape index (κ2) is 6.36. The molecule has 0 saturated heterocycles. The largest absolute Gasteiger partial charge is 0.432 e. The number of halogens is 3. The number of nitrogens with one attached hydrogen (secondary N) is 1. The van der Waals surface area contributed by atoms with E-state index in [1.165, 1.54) is 36.9 Å². The minimum Gasteiger partial charge on any atom is -0.432 e. The molecule has 1 amide bonds. The number of hydrogen-bond acceptors (Lipinski definition) is 4. The van der Waals surface area contributed by atoms with Crippen LogP contribution in [0.3, 0.4) is 0 Å². The molecule has 0 aliphatic heterocycles. The standard InChI is InChI=1S/C15H8Cl2FN3O2/c16-10-2-1-8(7-11(10)17)13-12(18)9(3-4-19-13)14(22)21-15-20-5-6-23-15/h1-7H,(H,20,21,22). The first-order chi connectivity index (χ1) is 11.1. The molecule has 3 aromatic rings. The number of oxazole rings is 1. The van der Waals surface area contributed by atoms with Gasteiger partial charge in [-0.25, -0.2) is 9.37 Å². The van der Waals surface area contributed by atoms with Gasteiger partial charge in [0, 0.05) is 11.8 Å². The number of aromatic nitrogens is 2. The molecule has 0 unspecified atom stereocenters. The molecule has 0 aliphatic rings. The van der Waals surface area contributed by atoms with E-state index in [0.29, 0.717) is 10.6 Å². The molecule has 0 atom stereocenters. The first-order valence-corrected chi connectivity index (χ1v) is 7.12. The summed E-state index contributed by atoms with van der Waals surface area (Å²) < 4.78 is 19.5. The Bertz CT molecular complexity index is 869. The first-order valence-electron chi connectivity index (χ1n) is 6.37. The Morgan fingerprint density at radius 3 is 2.65 bits per heavy atom. The summed E-state index contributed by atoms with van der Waals surface area (Å²) in [5.41, 5.74) is 0.200. The molecule has 3 rings (SSSR count). The van der Waals surface area contributed by atoms with Gasteiger partial charge in [0.2, 0.25) is 0 Å². The summed E-state index contributed by atoms with van der Waals surface area (Å²) in [6, 6.07) is 5.80. The van der Waals surface area contributed by atoms with E-state index in [-0.39, 0.29) is 22.3 Å². The Hall–Kier alpha value is -2.44. The number of carbonyl (C=O) groups excluding carboxylic acids is 1. The summed E-state index contributed by atoms with van der Waals surface area (Å²) in [7, 11) is 0. The highest BCUT2D eigenvalue weighted by molar-refractivity contribution is 6.42. The molecule has 1 aromatic carbocycles. The predicted octanol–water partition coefficient (Wildman–Crippen LogP) is 4.43. The lowest BCUT2D eigenvalue weighted by Crippen LogP contribution is -2.14. The van der Waals surface area contributed by atoms with Gasteiger partial charge >= 0.3 is 6.01 Å². The van der Waals surface area contributed by atoms with Gasteiger partial charge in [0.25, 0.3) is 5.91 Å². The Kier molecular flexibility index (Phi) is 4.27. The van der Waals surface area contributed by atoms with Crippen LogP contribution in [0.2, 0.25) is 10.0 Å². The van der Waals surface area contributed by atoms with E-state index >= 15 is 0 Å². The molecule has 1 N–H and O–H groups in total. The van der Waals surface area contributed by atoms with Gasteiger partial charge in [-0.15, -0.1) is 0 Å². The van der Waals surface area contributed by atoms with Gasteiger partial charge < -0.3 is 4.42 Å². The predicted molar refractivity (Wildman–Crippen MR) is 84.1 cm³/mol. The Balaban J connectivity index is 1.97. The normalized spacial score (nSPS) is 10.6. The minimum absolute atomic E-state index is 0.0105. The highest BCUT2D eigenvalue weighted by Gasteiger charge is 2.18. The average molecular weight is 352 g/mol. The molecular formula is C15H8Cl2FN3O2. The first kappa shape index (κ1) is 15.5. The van der Waals surface area contributed by atoms with Crippen LogP contribution in [0.1, 0.15) is 10.4 Å². The fourth-order valence-corrected chi connectivity index (χ4v) is 2.21. The second-order valence-corrected chi connectivity index (χ2v) is 5.26. The van der Waals surface area contributed by atoms with Crippen molar-refractivity contribution < 1.29 is 13.6 Å². The van der Waals surface area contributed by atoms with Crippen molar-refractivity contribution in [3.05, 3.63) is 64.3 Å². The molecule has 0 bridgehead atoms. The van der Waals surface area contributed by atoms with Crippen LogP contribution in [-0.4, -0.2) is 15.9 Å². The van der Waals surface area contributed by atoms with Gasteiger partial charge in [0.15, 0.2) is 5.82 Å². The lowest BCUT2D eigenvalue weighted by atomic mass is 10.1. The zero-order chi connectivity index (χ0) is 16.4. The van der Waals surface area contributed by atoms with Crippen molar-refractivity contribution in [1.29, 1.82) is 0 Å². The summed E-state index contributed by atoms with van der Waals surface area (Å²) in [6.07, 6.45) is 3.98. The zero-order valence-electron chi connectivity index (χ0n) is 11.4. The molecule has 0 fully saturated rings. The fourth-order valence-electron chi connectivity index (χ4n) is 1.91. The number of hydrogen-bond donors (Lipinski definition) is 1. The Morgan fingerprint density at radius 1 is 1.13 bits per heavy atom. The molecule has 5 nitrogen and oxygen atoms in total. The van der Waals surface area contributed by atoms with Crippen LogP contribution in [0.4, 0.5) is 10.4 Å². The molecule has 23 heavy (non-hydrogen) atoms. The van der Waals surface area contributed by atoms with Crippen LogP contribution in [0.5, 0.6) is 0 Å². The summed E-state index contributed by atoms with van der Waals surface area (Å²) in [6.45, 7) is 0. The van der Waals surface area contributed by atoms with Gasteiger partial charge in [-0.05, 0) is 18.2 Å². The lowest BCUT2D eigenvalue weighted by molar-refractivity contribution is 0.102. The third-order valence-electron chi connectivity index (χ3n) is 2.98. The fraction of sp³-hybridized carbons (Fsp3) is 0. The molecule has 0 spiro atoms. The smallest absolute Gasteiger partial charge is 0.301 e. The van der Waals surface area contributed by atoms with E-state index in [0.717, 1.165) is 0 Å². The minimum atomic E-state index is -0.782. The van der Waals surface area contributed by atoms with Crippen molar-refractivity contribution in [2.75, 3.05) is 5.32 Å². The van der Waals surface area contributed by atoms with Gasteiger partial charge in [-0.1, -0.05) is 29.3 Å². The third-order valence-corrected chi connectivity index (χ3v) is 3.72. The number of benzene rings is 1. The number of anilines is 1. The van der Waals surface area contributed by atoms with Gasteiger partial charge in [0.1, 0.15) is 12.0 Å². The summed E-state index contributed by atoms with van der Waals surface area (Å²) >= 11 is 11.8. The topological polar surface area (TPSA) is 68.0 Å². The van der Waals surface area contributed by atoms with Crippen molar-refractivity contribution in [2.24, 2.45) is 0 Å². The van der Waals surface area contributed by atoms with Crippen molar-refractivity contribution in [2.45, 2.75) is 0 Å². The van der Waals surface area contributed by atoms with Crippen LogP contribution in [0.25, 0.3) is 11.3 Å². The summed E-state index contributed by atoms with van der Waals surface area (Å²) in [5, 5.41) is 2.95. The van der Waals surface area contributed by atoms with Gasteiger partial charge in [-0.3, -0.25) is 15.1 Å². The SMILES string of the molecule is O=C(Nc1ncco1)c1ccnc(-c2ccc(Cl)c(Cl)c2)c1F. The van der Waals surface area contributed by atoms with E-state index in [1.54, 1.807) is 6.07 Å². The molecule has 116 valence electrons. The molecule has 8 heteroatoms. The van der Waals surface area contributed by atoms with Gasteiger partial charge in [-0.2, -0.15) is 0 Å². The summed E-state index contributed by atoms with van der Waals surface area (Å²) in [5.74, 6) is -1.48. The Morgan fingerprint density at radius 2 is 1.96 bits per heavy atom. The highest BCUT2D eigenvalue weighted by Crippen LogP contribution is 2.29. The van der Waals surface area contributed by atoms with Gasteiger partial charge in [0.05, 0.1) is 21.8 Å². The number of pyridine rings is 1. The van der Waals surface area contributed by atoms with E-state index in [1.807, 2.05) is 0 Å². The lowest BCUT2D eigenvalue weighted by Gasteiger charge is -2.08. The van der Waals surface area contributed by atoms with Crippen molar-refractivity contribution in [3.8, 4) is 11.3 Å². The number of rotatable bonds is 3. The highest BCUT2D eigenvalue weighted by atomic mass is 35.5. The van der Waals surface area contributed by atoms with Crippen LogP contribution in [0, 0.1) is 5.82 Å². The summed E-state index contributed by atoms with van der Waals surface area (Å²) in [4.78, 5) is 19.8. The van der Waals surface area contributed by atoms with Crippen LogP contribution < -0.4 is 5.32 Å². The second-order valence-electron chi connectivity index (χ2n) is 4.44. The molecular weight excluding hydrogens is 344 g/mol. The molecule has 2 aromatic heterocycles. The van der Waals surface area contributed by atoms with Crippen molar-refractivity contribution in [3.63, 3.8) is 0 Å². The Labute approximate surface area is 140 Å². The molecule has 0 radical (unpaired) electrons. The van der Waals surface area contributed by atoms with Crippen molar-refractivity contribution >= 4 is 35.1 Å². The van der Waals surface area contributed by atoms with E-state index in [4.69, 9.17) is 27.6 Å². The number of nitrogens with zero attached hydrogens (tertiary/aromatic N) is 2. The molecule has 0 aliphatic carbocycles. The maximum atomic E-state index is 14.6. The van der Waals surface area contributed by atoms with Crippen LogP contribution in [-0.2, 0) is 0 Å². The van der Waals surface area contributed by atoms with Crippen molar-refractivity contribution in [1.82, 2.24) is 9.97 Å². The molecule has 2 heterocycles. The quantitative estimate of drug-likeness (QED) is 0.757. The van der Waals surface area contributed by atoms with Crippen LogP contribution >= 0.6 is 23.2 Å². The monoisotopic (exact) mass is 351 g/mol. The third kappa shape index (κ3) is 3.18. The number of amides is 1. The average Bonchev–Trinajstić information content (AvgIpc) is 3.03. The molecule has 0 saturated carbocycles. The van der Waals surface area contributed by atoms with E-state index < -0.39 is 11.7 Å². The van der Waals surface area contributed by atoms with Crippen LogP contribution in [0.15, 0.2) is 47.3 Å². The van der Waals surface area contributed by atoms with E-state index in [9.17, 15) is 9.18 Å².